The van der Waals surface area contributed by atoms with E-state index in [1.807, 2.05) is 12.4 Å². The van der Waals surface area contributed by atoms with E-state index in [0.717, 1.165) is 72.4 Å². The number of hydrogen-bond donors (Lipinski definition) is 0. The van der Waals surface area contributed by atoms with Gasteiger partial charge in [0.2, 0.25) is 11.8 Å². The van der Waals surface area contributed by atoms with Crippen LogP contribution in [0.3, 0.4) is 0 Å². The third-order valence-electron chi connectivity index (χ3n) is 9.98. The van der Waals surface area contributed by atoms with E-state index in [0.29, 0.717) is 29.1 Å². The number of halogens is 1. The van der Waals surface area contributed by atoms with Gasteiger partial charge in [0, 0.05) is 62.2 Å². The lowest BCUT2D eigenvalue weighted by Crippen LogP contribution is -2.41. The Kier molecular flexibility index (Phi) is 10.1. The first-order valence-corrected chi connectivity index (χ1v) is 18.3. The van der Waals surface area contributed by atoms with Gasteiger partial charge < -0.3 is 9.31 Å². The molecule has 3 aliphatic heterocycles. The van der Waals surface area contributed by atoms with Gasteiger partial charge in [0.05, 0.1) is 53.1 Å². The number of carbonyl (C=O) groups excluding carboxylic acids is 2. The summed E-state index contributed by atoms with van der Waals surface area (Å²) in [6.07, 6.45) is 23.5. The second-order valence-electron chi connectivity index (χ2n) is 14.1. The second kappa shape index (κ2) is 14.8. The van der Waals surface area contributed by atoms with Gasteiger partial charge in [0.1, 0.15) is 4.60 Å². The lowest BCUT2D eigenvalue weighted by Gasteiger charge is -2.32. The van der Waals surface area contributed by atoms with Gasteiger partial charge in [-0.05, 0) is 73.7 Å². The second-order valence-corrected chi connectivity index (χ2v) is 14.9. The number of hydrogen-bond acceptors (Lipinski definition) is 10. The average Bonchev–Trinajstić information content (AvgIpc) is 3.97. The van der Waals surface area contributed by atoms with E-state index < -0.39 is 0 Å². The Morgan fingerprint density at radius 3 is 1.85 bits per heavy atom. The molecule has 0 atom stereocenters. The van der Waals surface area contributed by atoms with Crippen LogP contribution in [0.25, 0.3) is 23.4 Å². The van der Waals surface area contributed by atoms with Gasteiger partial charge in [0.25, 0.3) is 0 Å². The molecule has 0 spiro atoms. The lowest BCUT2D eigenvalue weighted by molar-refractivity contribution is -0.117. The zero-order valence-corrected chi connectivity index (χ0v) is 31.3. The van der Waals surface area contributed by atoms with Crippen molar-refractivity contribution in [3.05, 3.63) is 88.6 Å². The van der Waals surface area contributed by atoms with Crippen LogP contribution in [0.1, 0.15) is 75.9 Å². The van der Waals surface area contributed by atoms with Crippen molar-refractivity contribution in [1.82, 2.24) is 29.9 Å². The molecule has 266 valence electrons. The summed E-state index contributed by atoms with van der Waals surface area (Å²) in [5, 5.41) is 0. The Labute approximate surface area is 312 Å². The first-order valence-electron chi connectivity index (χ1n) is 17.5. The highest BCUT2D eigenvalue weighted by atomic mass is 79.9. The maximum absolute atomic E-state index is 11.8. The Balaban J connectivity index is 0.000000125. The van der Waals surface area contributed by atoms with E-state index in [2.05, 4.69) is 110 Å². The molecule has 9 rings (SSSR count). The fourth-order valence-corrected chi connectivity index (χ4v) is 6.68. The van der Waals surface area contributed by atoms with Gasteiger partial charge in [-0.3, -0.25) is 39.3 Å². The third-order valence-corrected chi connectivity index (χ3v) is 10.4. The summed E-state index contributed by atoms with van der Waals surface area (Å²) in [5.74, 6) is 1.52. The minimum Gasteiger partial charge on any atom is -0.399 e. The number of amides is 2. The molecule has 2 aliphatic carbocycles. The van der Waals surface area contributed by atoms with Crippen molar-refractivity contribution < 1.29 is 18.9 Å². The molecule has 0 unspecified atom stereocenters. The summed E-state index contributed by atoms with van der Waals surface area (Å²) in [4.78, 5) is 52.4. The van der Waals surface area contributed by atoms with Crippen LogP contribution in [-0.2, 0) is 31.7 Å². The summed E-state index contributed by atoms with van der Waals surface area (Å²) in [6.45, 7) is 9.73. The standard InChI is InChI=1S/C16H14N4O.C14H18BNO2.C8H8BrN3O/c21-16-5-2-6-20(16)15-10-17-9-14(19-15)12-7-11-3-1-4-13(11)18-8-12;1-13(2)14(3,4)18-15(17-13)11-8-10-6-5-7-12(10)16-9-11;9-6-4-10-5-7(11-6)12-3-1-2-8(12)13/h1,3,7-10H,2,4-6H2;5-6,8-9H,7H2,1-4H3;4-5H,1-3H2. The summed E-state index contributed by atoms with van der Waals surface area (Å²) in [5.41, 5.74) is 6.63. The highest BCUT2D eigenvalue weighted by molar-refractivity contribution is 9.10. The molecule has 0 bridgehead atoms. The maximum Gasteiger partial charge on any atom is 0.496 e. The molecule has 3 saturated heterocycles. The van der Waals surface area contributed by atoms with Crippen LogP contribution in [0, 0.1) is 0 Å². The molecule has 14 heteroatoms. The van der Waals surface area contributed by atoms with Gasteiger partial charge in [-0.1, -0.05) is 30.4 Å². The van der Waals surface area contributed by atoms with E-state index in [9.17, 15) is 9.59 Å². The number of pyridine rings is 2. The predicted octanol–water partition coefficient (Wildman–Crippen LogP) is 5.55. The number of aromatic nitrogens is 6. The lowest BCUT2D eigenvalue weighted by atomic mass is 9.79. The molecule has 2 amide bonds. The smallest absolute Gasteiger partial charge is 0.399 e. The van der Waals surface area contributed by atoms with Crippen LogP contribution in [0.2, 0.25) is 0 Å². The fourth-order valence-electron chi connectivity index (χ4n) is 6.38. The highest BCUT2D eigenvalue weighted by Crippen LogP contribution is 2.36. The molecule has 7 heterocycles. The molecule has 52 heavy (non-hydrogen) atoms. The summed E-state index contributed by atoms with van der Waals surface area (Å²) >= 11 is 3.22. The summed E-state index contributed by atoms with van der Waals surface area (Å²) in [7, 11) is -0.318. The molecule has 0 N–H and O–H groups in total. The van der Waals surface area contributed by atoms with Crippen LogP contribution in [0.4, 0.5) is 11.6 Å². The quantitative estimate of drug-likeness (QED) is 0.244. The monoisotopic (exact) mass is 762 g/mol. The Morgan fingerprint density at radius 2 is 1.27 bits per heavy atom. The molecule has 3 fully saturated rings. The van der Waals surface area contributed by atoms with Crippen LogP contribution >= 0.6 is 15.9 Å². The van der Waals surface area contributed by atoms with E-state index >= 15 is 0 Å². The average molecular weight is 764 g/mol. The van der Waals surface area contributed by atoms with Gasteiger partial charge in [0.15, 0.2) is 11.6 Å². The van der Waals surface area contributed by atoms with Crippen molar-refractivity contribution >= 4 is 64.1 Å². The van der Waals surface area contributed by atoms with Crippen LogP contribution in [0.5, 0.6) is 0 Å². The molecule has 5 aliphatic rings. The molecular weight excluding hydrogens is 723 g/mol. The number of allylic oxidation sites excluding steroid dienone is 2. The van der Waals surface area contributed by atoms with Crippen LogP contribution in [0.15, 0.2) is 66.1 Å². The topological polar surface area (TPSA) is 136 Å². The first kappa shape index (κ1) is 35.7. The molecule has 12 nitrogen and oxygen atoms in total. The predicted molar refractivity (Wildman–Crippen MR) is 204 cm³/mol. The van der Waals surface area contributed by atoms with E-state index in [-0.39, 0.29) is 30.1 Å². The summed E-state index contributed by atoms with van der Waals surface area (Å²) < 4.78 is 12.7. The maximum atomic E-state index is 11.8. The van der Waals surface area contributed by atoms with Gasteiger partial charge in [-0.2, -0.15) is 0 Å². The Hall–Kier alpha value is -4.66. The van der Waals surface area contributed by atoms with Crippen molar-refractivity contribution in [2.24, 2.45) is 0 Å². The van der Waals surface area contributed by atoms with Crippen LogP contribution < -0.4 is 15.3 Å². The normalized spacial score (nSPS) is 19.0. The summed E-state index contributed by atoms with van der Waals surface area (Å²) in [6, 6.07) is 4.19. The molecule has 4 aromatic heterocycles. The number of nitrogens with zero attached hydrogens (tertiary/aromatic N) is 8. The molecular formula is C38H40BBrN8O4. The Bertz CT molecular complexity index is 2060. The zero-order valence-electron chi connectivity index (χ0n) is 29.8. The fraction of sp³-hybridized carbons (Fsp3) is 0.368. The van der Waals surface area contributed by atoms with Crippen molar-refractivity contribution in [1.29, 1.82) is 0 Å². The Morgan fingerprint density at radius 1 is 0.712 bits per heavy atom. The molecule has 0 saturated carbocycles. The van der Waals surface area contributed by atoms with Crippen molar-refractivity contribution in [2.75, 3.05) is 22.9 Å². The minimum absolute atomic E-state index is 0.122. The third kappa shape index (κ3) is 7.60. The number of rotatable bonds is 4. The van der Waals surface area contributed by atoms with Crippen molar-refractivity contribution in [3.63, 3.8) is 0 Å². The number of anilines is 2. The van der Waals surface area contributed by atoms with Gasteiger partial charge >= 0.3 is 7.12 Å². The number of carbonyl (C=O) groups is 2. The van der Waals surface area contributed by atoms with E-state index in [1.165, 1.54) is 5.56 Å². The van der Waals surface area contributed by atoms with Gasteiger partial charge in [-0.15, -0.1) is 0 Å². The minimum atomic E-state index is -0.318. The van der Waals surface area contributed by atoms with Crippen molar-refractivity contribution in [3.8, 4) is 11.3 Å². The van der Waals surface area contributed by atoms with Crippen molar-refractivity contribution in [2.45, 2.75) is 77.4 Å². The number of fused-ring (bicyclic) bond motifs is 2. The SMILES string of the molecule is CC1(C)OB(c2cnc3c(c2)C=CC3)OC1(C)C.O=C1CCCN1c1cncc(-c2cnc3c(c2)C=CC3)n1.O=C1CCCN1c1cncc(Br)n1. The zero-order chi connectivity index (χ0) is 36.5. The highest BCUT2D eigenvalue weighted by Gasteiger charge is 2.52. The van der Waals surface area contributed by atoms with E-state index in [4.69, 9.17) is 9.31 Å². The molecule has 0 radical (unpaired) electrons. The molecule has 0 aromatic carbocycles. The van der Waals surface area contributed by atoms with Crippen LogP contribution in [-0.4, -0.2) is 73.1 Å². The molecule has 4 aromatic rings. The van der Waals surface area contributed by atoms with E-state index in [1.54, 1.807) is 34.6 Å². The first-order chi connectivity index (χ1) is 25.0. The van der Waals surface area contributed by atoms with Gasteiger partial charge in [-0.25, -0.2) is 9.97 Å². The largest absolute Gasteiger partial charge is 0.496 e.